The molecule has 6 atom stereocenters. The second-order valence-corrected chi connectivity index (χ2v) is 9.37. The molecule has 4 N–H and O–H groups in total. The molecule has 1 aromatic heterocycles. The minimum Gasteiger partial charge on any atom is -0.491 e. The van der Waals surface area contributed by atoms with Crippen molar-refractivity contribution < 1.29 is 9.53 Å². The number of rotatable bonds is 4. The van der Waals surface area contributed by atoms with E-state index in [-0.39, 0.29) is 17.5 Å². The first kappa shape index (κ1) is 19.0. The zero-order valence-corrected chi connectivity index (χ0v) is 17.8. The predicted octanol–water partition coefficient (Wildman–Crippen LogP) is 2.33. The molecule has 1 amide bonds. The number of anilines is 2. The fraction of sp³-hybridized carbons (Fsp3) is 0.522. The van der Waals surface area contributed by atoms with Crippen molar-refractivity contribution in [3.8, 4) is 5.75 Å². The van der Waals surface area contributed by atoms with Crippen LogP contribution in [0.1, 0.15) is 37.1 Å². The average Bonchev–Trinajstić information content (AvgIpc) is 3.32. The van der Waals surface area contributed by atoms with E-state index in [1.807, 2.05) is 19.1 Å². The molecule has 1 saturated heterocycles. The van der Waals surface area contributed by atoms with Crippen LogP contribution in [0.2, 0.25) is 0 Å². The van der Waals surface area contributed by atoms with Crippen LogP contribution in [0.3, 0.4) is 0 Å². The van der Waals surface area contributed by atoms with Crippen LogP contribution in [0.5, 0.6) is 5.75 Å². The molecule has 2 saturated carbocycles. The van der Waals surface area contributed by atoms with Gasteiger partial charge in [0.15, 0.2) is 11.6 Å². The Bertz CT molecular complexity index is 1040. The Labute approximate surface area is 181 Å². The van der Waals surface area contributed by atoms with Gasteiger partial charge in [0.05, 0.1) is 24.9 Å². The van der Waals surface area contributed by atoms with Gasteiger partial charge in [-0.3, -0.25) is 10.2 Å². The van der Waals surface area contributed by atoms with Gasteiger partial charge in [0.2, 0.25) is 5.91 Å². The molecule has 4 unspecified atom stereocenters. The lowest BCUT2D eigenvalue weighted by Crippen LogP contribution is -2.39. The molecule has 162 valence electrons. The van der Waals surface area contributed by atoms with Crippen molar-refractivity contribution in [1.82, 2.24) is 20.8 Å². The van der Waals surface area contributed by atoms with E-state index in [2.05, 4.69) is 43.6 Å². The summed E-state index contributed by atoms with van der Waals surface area (Å²) in [4.78, 5) is 21.6. The third-order valence-electron chi connectivity index (χ3n) is 7.83. The third kappa shape index (κ3) is 2.85. The fourth-order valence-electron chi connectivity index (χ4n) is 6.23. The zero-order valence-electron chi connectivity index (χ0n) is 17.8. The van der Waals surface area contributed by atoms with Gasteiger partial charge >= 0.3 is 0 Å². The molecule has 2 aliphatic carbocycles. The quantitative estimate of drug-likeness (QED) is 0.602. The maximum absolute atomic E-state index is 12.9. The lowest BCUT2D eigenvalue weighted by molar-refractivity contribution is -0.118. The summed E-state index contributed by atoms with van der Waals surface area (Å²) in [5.74, 6) is 3.73. The van der Waals surface area contributed by atoms with Crippen LogP contribution < -0.4 is 26.2 Å². The summed E-state index contributed by atoms with van der Waals surface area (Å²) >= 11 is 0. The van der Waals surface area contributed by atoms with E-state index >= 15 is 0 Å². The Morgan fingerprint density at radius 1 is 1.23 bits per heavy atom. The van der Waals surface area contributed by atoms with Crippen molar-refractivity contribution in [2.24, 2.45) is 17.8 Å². The number of aryl methyl sites for hydroxylation is 1. The van der Waals surface area contributed by atoms with E-state index in [1.165, 1.54) is 5.56 Å². The number of amides is 1. The number of aromatic nitrogens is 2. The topological polar surface area (TPSA) is 100 Å². The summed E-state index contributed by atoms with van der Waals surface area (Å²) in [6.45, 7) is 1.88. The highest BCUT2D eigenvalue weighted by molar-refractivity contribution is 6.08. The van der Waals surface area contributed by atoms with Crippen molar-refractivity contribution in [3.05, 3.63) is 41.9 Å². The van der Waals surface area contributed by atoms with Crippen LogP contribution in [-0.4, -0.2) is 35.2 Å². The number of nitrogens with zero attached hydrogens (tertiary/aromatic N) is 2. The molecular weight excluding hydrogens is 392 g/mol. The Morgan fingerprint density at radius 2 is 2.10 bits per heavy atom. The monoisotopic (exact) mass is 420 g/mol. The SMILES string of the molecule is COc1cnc(C)nc1NC1NNC2CC([C@@H]3C[C@@]34C(=O)Nc3ccccc34)CCC21. The highest BCUT2D eigenvalue weighted by Gasteiger charge is 2.67. The molecule has 8 nitrogen and oxygen atoms in total. The van der Waals surface area contributed by atoms with E-state index in [9.17, 15) is 4.79 Å². The van der Waals surface area contributed by atoms with Crippen LogP contribution >= 0.6 is 0 Å². The summed E-state index contributed by atoms with van der Waals surface area (Å²) in [5.41, 5.74) is 8.85. The Hall–Kier alpha value is -2.71. The average molecular weight is 421 g/mol. The number of hydrazine groups is 1. The summed E-state index contributed by atoms with van der Waals surface area (Å²) in [7, 11) is 1.64. The third-order valence-corrected chi connectivity index (χ3v) is 7.83. The van der Waals surface area contributed by atoms with Gasteiger partial charge in [-0.15, -0.1) is 0 Å². The van der Waals surface area contributed by atoms with Crippen molar-refractivity contribution in [2.45, 2.75) is 50.2 Å². The molecule has 2 aliphatic heterocycles. The van der Waals surface area contributed by atoms with Gasteiger partial charge in [0.25, 0.3) is 0 Å². The highest BCUT2D eigenvalue weighted by atomic mass is 16.5. The number of carbonyl (C=O) groups is 1. The maximum atomic E-state index is 12.9. The van der Waals surface area contributed by atoms with Gasteiger partial charge in [0, 0.05) is 17.6 Å². The number of hydrogen-bond acceptors (Lipinski definition) is 7. The van der Waals surface area contributed by atoms with Gasteiger partial charge in [0.1, 0.15) is 5.82 Å². The lowest BCUT2D eigenvalue weighted by atomic mass is 9.74. The molecule has 1 aromatic carbocycles. The van der Waals surface area contributed by atoms with E-state index in [0.29, 0.717) is 35.4 Å². The number of fused-ring (bicyclic) bond motifs is 3. The smallest absolute Gasteiger partial charge is 0.235 e. The molecule has 2 aromatic rings. The molecule has 1 spiro atoms. The molecule has 0 radical (unpaired) electrons. The van der Waals surface area contributed by atoms with Crippen molar-refractivity contribution in [1.29, 1.82) is 0 Å². The number of benzene rings is 1. The van der Waals surface area contributed by atoms with Crippen molar-refractivity contribution >= 4 is 17.4 Å². The Kier molecular flexibility index (Phi) is 4.23. The van der Waals surface area contributed by atoms with E-state index in [0.717, 1.165) is 37.2 Å². The minimum absolute atomic E-state index is 0.0813. The predicted molar refractivity (Wildman–Crippen MR) is 116 cm³/mol. The van der Waals surface area contributed by atoms with E-state index in [1.54, 1.807) is 13.3 Å². The van der Waals surface area contributed by atoms with Gasteiger partial charge < -0.3 is 15.4 Å². The van der Waals surface area contributed by atoms with Crippen LogP contribution in [0, 0.1) is 24.7 Å². The van der Waals surface area contributed by atoms with E-state index in [4.69, 9.17) is 4.74 Å². The lowest BCUT2D eigenvalue weighted by Gasteiger charge is -2.34. The van der Waals surface area contributed by atoms with Gasteiger partial charge in [-0.1, -0.05) is 18.2 Å². The second kappa shape index (κ2) is 6.90. The largest absolute Gasteiger partial charge is 0.491 e. The van der Waals surface area contributed by atoms with Crippen LogP contribution in [-0.2, 0) is 10.2 Å². The number of hydrogen-bond donors (Lipinski definition) is 4. The molecule has 31 heavy (non-hydrogen) atoms. The standard InChI is InChI=1S/C23H28N6O2/c1-12-24-11-19(31-2)21(25-12)27-20-14-8-7-13(9-18(14)28-29-20)16-10-23(16)15-5-3-4-6-17(15)26-22(23)30/h3-6,11,13-14,16,18,20,28-29H,7-10H2,1-2H3,(H,26,30)(H,24,25,27)/t13?,14?,16-,18?,20?,23-/m0/s1. The number of para-hydroxylation sites is 1. The van der Waals surface area contributed by atoms with Crippen molar-refractivity contribution in [2.75, 3.05) is 17.7 Å². The summed E-state index contributed by atoms with van der Waals surface area (Å²) in [6.07, 6.45) is 6.10. The molecule has 6 rings (SSSR count). The molecule has 3 heterocycles. The van der Waals surface area contributed by atoms with E-state index < -0.39 is 0 Å². The minimum atomic E-state index is -0.288. The molecular formula is C23H28N6O2. The first-order valence-corrected chi connectivity index (χ1v) is 11.2. The summed E-state index contributed by atoms with van der Waals surface area (Å²) in [5, 5.41) is 6.63. The normalized spacial score (nSPS) is 35.4. The van der Waals surface area contributed by atoms with Crippen LogP contribution in [0.15, 0.2) is 30.5 Å². The zero-order chi connectivity index (χ0) is 21.2. The molecule has 0 bridgehead atoms. The number of carbonyl (C=O) groups excluding carboxylic acids is 1. The molecule has 4 aliphatic rings. The van der Waals surface area contributed by atoms with Gasteiger partial charge in [-0.05, 0) is 56.1 Å². The summed E-state index contributed by atoms with van der Waals surface area (Å²) < 4.78 is 5.42. The van der Waals surface area contributed by atoms with Crippen LogP contribution in [0.4, 0.5) is 11.5 Å². The highest BCUT2D eigenvalue weighted by Crippen LogP contribution is 2.64. The Balaban J connectivity index is 1.15. The fourth-order valence-corrected chi connectivity index (χ4v) is 6.23. The van der Waals surface area contributed by atoms with Crippen LogP contribution in [0.25, 0.3) is 0 Å². The van der Waals surface area contributed by atoms with Gasteiger partial charge in [-0.25, -0.2) is 15.4 Å². The first-order chi connectivity index (χ1) is 15.1. The molecule has 8 heteroatoms. The second-order valence-electron chi connectivity index (χ2n) is 9.37. The summed E-state index contributed by atoms with van der Waals surface area (Å²) in [6, 6.07) is 8.58. The number of ether oxygens (including phenoxy) is 1. The van der Waals surface area contributed by atoms with Gasteiger partial charge in [-0.2, -0.15) is 0 Å². The Morgan fingerprint density at radius 3 is 2.97 bits per heavy atom. The number of methoxy groups -OCH3 is 1. The first-order valence-electron chi connectivity index (χ1n) is 11.2. The maximum Gasteiger partial charge on any atom is 0.235 e. The molecule has 3 fully saturated rings. The van der Waals surface area contributed by atoms with Crippen molar-refractivity contribution in [3.63, 3.8) is 0 Å². The number of nitrogens with one attached hydrogen (secondary N) is 4.